The third kappa shape index (κ3) is 1.84. The van der Waals surface area contributed by atoms with Crippen molar-refractivity contribution in [2.45, 2.75) is 6.04 Å². The average molecular weight is 281 g/mol. The van der Waals surface area contributed by atoms with Crippen molar-refractivity contribution in [1.82, 2.24) is 10.3 Å². The molecular formula is C17H13ClN2. The van der Waals surface area contributed by atoms with Gasteiger partial charge in [-0.25, -0.2) is 4.98 Å². The van der Waals surface area contributed by atoms with Crippen LogP contribution in [0.5, 0.6) is 0 Å². The summed E-state index contributed by atoms with van der Waals surface area (Å²) in [6, 6.07) is 8.75. The second-order valence-electron chi connectivity index (χ2n) is 5.15. The molecule has 0 saturated carbocycles. The summed E-state index contributed by atoms with van der Waals surface area (Å²) in [7, 11) is 0. The van der Waals surface area contributed by atoms with E-state index >= 15 is 0 Å². The molecule has 2 nitrogen and oxygen atoms in total. The number of benzene rings is 1. The Morgan fingerprint density at radius 1 is 1.15 bits per heavy atom. The minimum absolute atomic E-state index is 0.407. The van der Waals surface area contributed by atoms with Gasteiger partial charge in [0.1, 0.15) is 5.15 Å². The third-order valence-corrected chi connectivity index (χ3v) is 4.23. The molecule has 2 atom stereocenters. The molecule has 1 aliphatic carbocycles. The molecule has 4 rings (SSSR count). The number of nitrogens with one attached hydrogen (secondary N) is 1. The van der Waals surface area contributed by atoms with Crippen molar-refractivity contribution in [1.29, 1.82) is 0 Å². The van der Waals surface area contributed by atoms with Crippen molar-refractivity contribution < 1.29 is 0 Å². The highest BCUT2D eigenvalue weighted by molar-refractivity contribution is 6.34. The highest BCUT2D eigenvalue weighted by atomic mass is 35.5. The topological polar surface area (TPSA) is 24.9 Å². The van der Waals surface area contributed by atoms with Crippen molar-refractivity contribution in [2.24, 2.45) is 5.92 Å². The zero-order chi connectivity index (χ0) is 13.5. The molecule has 0 fully saturated rings. The van der Waals surface area contributed by atoms with Gasteiger partial charge in [-0.2, -0.15) is 0 Å². The molecule has 1 aromatic carbocycles. The van der Waals surface area contributed by atoms with Crippen LogP contribution in [0.3, 0.4) is 0 Å². The molecule has 0 radical (unpaired) electrons. The van der Waals surface area contributed by atoms with Crippen LogP contribution < -0.4 is 5.32 Å². The quantitative estimate of drug-likeness (QED) is 0.800. The maximum Gasteiger partial charge on any atom is 0.136 e. The standard InChI is InChI=1S/C17H13ClN2/c18-17-15-10-13(2-1-11(15)5-8-20-17)12-3-4-16-14(9-12)6-7-19-16/h1-10,14,16,19H. The lowest BCUT2D eigenvalue weighted by molar-refractivity contribution is 0.651. The Morgan fingerprint density at radius 2 is 2.10 bits per heavy atom. The molecule has 1 aliphatic heterocycles. The predicted molar refractivity (Wildman–Crippen MR) is 83.4 cm³/mol. The zero-order valence-electron chi connectivity index (χ0n) is 10.8. The summed E-state index contributed by atoms with van der Waals surface area (Å²) >= 11 is 6.19. The Labute approximate surface area is 122 Å². The van der Waals surface area contributed by atoms with Crippen LogP contribution in [0.1, 0.15) is 5.56 Å². The predicted octanol–water partition coefficient (Wildman–Crippen LogP) is 3.94. The van der Waals surface area contributed by atoms with Gasteiger partial charge in [0.2, 0.25) is 0 Å². The van der Waals surface area contributed by atoms with E-state index in [-0.39, 0.29) is 0 Å². The average Bonchev–Trinajstić information content (AvgIpc) is 2.95. The molecule has 0 spiro atoms. The fraction of sp³-hybridized carbons (Fsp3) is 0.118. The summed E-state index contributed by atoms with van der Waals surface area (Å²) < 4.78 is 0. The van der Waals surface area contributed by atoms with Crippen molar-refractivity contribution in [2.75, 3.05) is 0 Å². The first-order valence-electron chi connectivity index (χ1n) is 6.69. The number of nitrogens with zero attached hydrogens (tertiary/aromatic N) is 1. The first kappa shape index (κ1) is 11.7. The highest BCUT2D eigenvalue weighted by Gasteiger charge is 2.21. The van der Waals surface area contributed by atoms with E-state index in [4.69, 9.17) is 11.6 Å². The van der Waals surface area contributed by atoms with Gasteiger partial charge >= 0.3 is 0 Å². The van der Waals surface area contributed by atoms with Gasteiger partial charge in [0.05, 0.1) is 6.04 Å². The molecule has 2 unspecified atom stereocenters. The van der Waals surface area contributed by atoms with Gasteiger partial charge in [-0.3, -0.25) is 0 Å². The minimum Gasteiger partial charge on any atom is -0.384 e. The SMILES string of the molecule is Clc1nccc2ccc(C3=CC4C=CNC4C=C3)cc12. The van der Waals surface area contributed by atoms with Gasteiger partial charge in [0.25, 0.3) is 0 Å². The van der Waals surface area contributed by atoms with Crippen LogP contribution in [0.15, 0.2) is 61.0 Å². The van der Waals surface area contributed by atoms with Crippen molar-refractivity contribution in [3.05, 3.63) is 71.7 Å². The number of hydrogen-bond acceptors (Lipinski definition) is 2. The van der Waals surface area contributed by atoms with Crippen LogP contribution in [0, 0.1) is 5.92 Å². The lowest BCUT2D eigenvalue weighted by atomic mass is 9.90. The van der Waals surface area contributed by atoms with Crippen molar-refractivity contribution in [3.63, 3.8) is 0 Å². The summed E-state index contributed by atoms with van der Waals surface area (Å²) in [6.07, 6.45) is 12.7. The maximum absolute atomic E-state index is 6.19. The minimum atomic E-state index is 0.407. The van der Waals surface area contributed by atoms with Gasteiger partial charge in [-0.15, -0.1) is 0 Å². The monoisotopic (exact) mass is 280 g/mol. The number of hydrogen-bond donors (Lipinski definition) is 1. The molecule has 0 bridgehead atoms. The second kappa shape index (κ2) is 4.50. The van der Waals surface area contributed by atoms with Crippen molar-refractivity contribution >= 4 is 27.9 Å². The molecule has 2 heterocycles. The van der Waals surface area contributed by atoms with Crippen LogP contribution in [0.4, 0.5) is 0 Å². The molecule has 3 heteroatoms. The third-order valence-electron chi connectivity index (χ3n) is 3.93. The van der Waals surface area contributed by atoms with Crippen molar-refractivity contribution in [3.8, 4) is 0 Å². The van der Waals surface area contributed by atoms with E-state index in [9.17, 15) is 0 Å². The van der Waals surface area contributed by atoms with E-state index in [0.717, 1.165) is 10.8 Å². The number of rotatable bonds is 1. The highest BCUT2D eigenvalue weighted by Crippen LogP contribution is 2.31. The number of aromatic nitrogens is 1. The van der Waals surface area contributed by atoms with Gasteiger partial charge in [0, 0.05) is 17.5 Å². The van der Waals surface area contributed by atoms with E-state index in [1.807, 2.05) is 12.3 Å². The zero-order valence-corrected chi connectivity index (χ0v) is 11.5. The number of halogens is 1. The summed E-state index contributed by atoms with van der Waals surface area (Å²) in [4.78, 5) is 4.15. The molecule has 1 N–H and O–H groups in total. The Kier molecular flexibility index (Phi) is 2.64. The molecule has 0 amide bonds. The molecular weight excluding hydrogens is 268 g/mol. The fourth-order valence-corrected chi connectivity index (χ4v) is 3.05. The van der Waals surface area contributed by atoms with Gasteiger partial charge in [0.15, 0.2) is 0 Å². The van der Waals surface area contributed by atoms with Crippen LogP contribution in [0.25, 0.3) is 16.3 Å². The van der Waals surface area contributed by atoms with Crippen LogP contribution in [-0.4, -0.2) is 11.0 Å². The summed E-state index contributed by atoms with van der Waals surface area (Å²) in [5.41, 5.74) is 2.42. The van der Waals surface area contributed by atoms with E-state index in [1.54, 1.807) is 6.20 Å². The Hall–Kier alpha value is -2.06. The van der Waals surface area contributed by atoms with Crippen LogP contribution in [0.2, 0.25) is 5.15 Å². The lowest BCUT2D eigenvalue weighted by Gasteiger charge is -2.19. The summed E-state index contributed by atoms with van der Waals surface area (Å²) in [5.74, 6) is 0.440. The Bertz CT molecular complexity index is 774. The Balaban J connectivity index is 1.81. The molecule has 1 aromatic heterocycles. The normalized spacial score (nSPS) is 23.6. The van der Waals surface area contributed by atoms with E-state index in [1.165, 1.54) is 11.1 Å². The number of fused-ring (bicyclic) bond motifs is 2. The molecule has 2 aromatic rings. The molecule has 98 valence electrons. The summed E-state index contributed by atoms with van der Waals surface area (Å²) in [5, 5.41) is 6.01. The Morgan fingerprint density at radius 3 is 3.05 bits per heavy atom. The number of pyridine rings is 1. The van der Waals surface area contributed by atoms with Crippen LogP contribution in [-0.2, 0) is 0 Å². The first-order chi connectivity index (χ1) is 9.81. The molecule has 20 heavy (non-hydrogen) atoms. The van der Waals surface area contributed by atoms with Gasteiger partial charge in [-0.05, 0) is 34.9 Å². The molecule has 2 aliphatic rings. The molecule has 0 saturated heterocycles. The van der Waals surface area contributed by atoms with E-state index in [0.29, 0.717) is 17.1 Å². The second-order valence-corrected chi connectivity index (χ2v) is 5.51. The van der Waals surface area contributed by atoms with Gasteiger partial charge in [-0.1, -0.05) is 48.0 Å². The van der Waals surface area contributed by atoms with Crippen LogP contribution >= 0.6 is 11.6 Å². The van der Waals surface area contributed by atoms with E-state index < -0.39 is 0 Å². The number of allylic oxidation sites excluding steroid dienone is 2. The van der Waals surface area contributed by atoms with Gasteiger partial charge < -0.3 is 5.32 Å². The summed E-state index contributed by atoms with van der Waals surface area (Å²) in [6.45, 7) is 0. The smallest absolute Gasteiger partial charge is 0.136 e. The largest absolute Gasteiger partial charge is 0.384 e. The lowest BCUT2D eigenvalue weighted by Crippen LogP contribution is -2.24. The van der Waals surface area contributed by atoms with E-state index in [2.05, 4.69) is 52.8 Å². The fourth-order valence-electron chi connectivity index (χ4n) is 2.83. The maximum atomic E-state index is 6.19. The first-order valence-corrected chi connectivity index (χ1v) is 7.06.